The van der Waals surface area contributed by atoms with Crippen LogP contribution in [0.4, 0.5) is 0 Å². The molecule has 0 fully saturated rings. The Morgan fingerprint density at radius 2 is 1.33 bits per heavy atom. The van der Waals surface area contributed by atoms with Gasteiger partial charge in [-0.3, -0.25) is 9.11 Å². The van der Waals surface area contributed by atoms with Crippen LogP contribution in [0.15, 0.2) is 0 Å². The summed E-state index contributed by atoms with van der Waals surface area (Å²) in [6, 6.07) is 0. The van der Waals surface area contributed by atoms with Crippen LogP contribution in [0.3, 0.4) is 0 Å². The van der Waals surface area contributed by atoms with Gasteiger partial charge >= 0.3 is 67.3 Å². The zero-order chi connectivity index (χ0) is 4.50. The van der Waals surface area contributed by atoms with Crippen molar-refractivity contribution in [3.8, 4) is 0 Å². The zero-order valence-electron chi connectivity index (χ0n) is 5.58. The van der Waals surface area contributed by atoms with Crippen LogP contribution in [0.5, 0.6) is 0 Å². The first kappa shape index (κ1) is 29.6. The Bertz CT molecular complexity index is 108. The molecule has 0 aliphatic carbocycles. The van der Waals surface area contributed by atoms with Crippen LogP contribution in [0, 0.1) is 0 Å². The van der Waals surface area contributed by atoms with Crippen molar-refractivity contribution >= 4 is 58.0 Å². The molecule has 0 aromatic carbocycles. The quantitative estimate of drug-likeness (QED) is 0.419. The molecule has 2 N–H and O–H groups in total. The van der Waals surface area contributed by atoms with Crippen LogP contribution in [0.1, 0.15) is 1.43 Å². The Hall–Kier alpha value is 3.13. The molecule has 0 heterocycles. The largest absolute Gasteiger partial charge is 2.00 e. The number of halogens is 2. The fourth-order valence-corrected chi connectivity index (χ4v) is 0. The van der Waals surface area contributed by atoms with E-state index < -0.39 is 9.05 Å². The SMILES string of the molecule is O=S(O)(O)=S.[Ca+2].[Cl-].[Cl-].[H-].[Na+]. The van der Waals surface area contributed by atoms with E-state index in [1.165, 1.54) is 0 Å². The summed E-state index contributed by atoms with van der Waals surface area (Å²) in [5, 5.41) is 0. The second-order valence-corrected chi connectivity index (χ2v) is 2.65. The summed E-state index contributed by atoms with van der Waals surface area (Å²) in [5.74, 6) is 0. The van der Waals surface area contributed by atoms with Gasteiger partial charge in [0.1, 0.15) is 0 Å². The molecule has 0 aromatic rings. The van der Waals surface area contributed by atoms with Gasteiger partial charge in [0.2, 0.25) is 0 Å². The summed E-state index contributed by atoms with van der Waals surface area (Å²) >= 11 is 3.47. The molecule has 3 nitrogen and oxygen atoms in total. The Labute approximate surface area is 125 Å². The first-order valence-electron chi connectivity index (χ1n) is 0.698. The normalized spacial score (nSPS) is 6.44. The molecule has 0 spiro atoms. The third-order valence-electron chi connectivity index (χ3n) is 0. The molecule has 0 saturated carbocycles. The van der Waals surface area contributed by atoms with Gasteiger partial charge in [-0.25, -0.2) is 0 Å². The van der Waals surface area contributed by atoms with Crippen molar-refractivity contribution in [3.63, 3.8) is 0 Å². The van der Waals surface area contributed by atoms with Gasteiger partial charge in [0.25, 0.3) is 9.05 Å². The molecular formula is H3CaCl2NaO3S2. The van der Waals surface area contributed by atoms with E-state index in [9.17, 15) is 0 Å². The monoisotopic (exact) mass is 248 g/mol. The second-order valence-electron chi connectivity index (χ2n) is 0.448. The molecule has 0 aliphatic heterocycles. The molecule has 0 aliphatic rings. The molecule has 0 saturated heterocycles. The van der Waals surface area contributed by atoms with E-state index in [0.717, 1.165) is 0 Å². The minimum atomic E-state index is -3.83. The van der Waals surface area contributed by atoms with E-state index in [2.05, 4.69) is 11.2 Å². The predicted molar refractivity (Wildman–Crippen MR) is 27.6 cm³/mol. The van der Waals surface area contributed by atoms with Gasteiger partial charge < -0.3 is 26.2 Å². The van der Waals surface area contributed by atoms with Crippen molar-refractivity contribution in [3.05, 3.63) is 0 Å². The van der Waals surface area contributed by atoms with Crippen molar-refractivity contribution in [1.82, 2.24) is 0 Å². The fraction of sp³-hybridized carbons (Fsp3) is 0. The summed E-state index contributed by atoms with van der Waals surface area (Å²) in [4.78, 5) is 0. The Morgan fingerprint density at radius 3 is 1.33 bits per heavy atom. The molecule has 0 bridgehead atoms. The maximum absolute atomic E-state index is 9.11. The third-order valence-corrected chi connectivity index (χ3v) is 0. The fourth-order valence-electron chi connectivity index (χ4n) is 0. The van der Waals surface area contributed by atoms with Crippen molar-refractivity contribution in [2.75, 3.05) is 0 Å². The van der Waals surface area contributed by atoms with E-state index in [0.29, 0.717) is 0 Å². The number of hydrogen-bond acceptors (Lipinski definition) is 2. The van der Waals surface area contributed by atoms with Gasteiger partial charge in [-0.05, 0) is 0 Å². The smallest absolute Gasteiger partial charge is 1.00 e. The second kappa shape index (κ2) is 13.7. The van der Waals surface area contributed by atoms with Gasteiger partial charge in [-0.15, -0.1) is 0 Å². The van der Waals surface area contributed by atoms with Gasteiger partial charge in [-0.2, -0.15) is 4.21 Å². The average molecular weight is 249 g/mol. The molecule has 0 radical (unpaired) electrons. The Balaban J connectivity index is -0.00000000800. The predicted octanol–water partition coefficient (Wildman–Crippen LogP) is -9.58. The molecule has 0 unspecified atom stereocenters. The third kappa shape index (κ3) is 94.7. The first-order valence-corrected chi connectivity index (χ1v) is 3.10. The van der Waals surface area contributed by atoms with Crippen LogP contribution in [-0.2, 0) is 20.2 Å². The standard InChI is InChI=1S/Ca.2ClH.Na.H2O3S2.H/c;;;;1-5(2,3)4;/h;2*1H;;(H2,1,2,3,4);/q+2;;;+1;;-1/p-2. The first-order chi connectivity index (χ1) is 2.00. The van der Waals surface area contributed by atoms with Crippen molar-refractivity contribution in [2.24, 2.45) is 0 Å². The van der Waals surface area contributed by atoms with Crippen LogP contribution in [0.2, 0.25) is 0 Å². The minimum absolute atomic E-state index is 0. The van der Waals surface area contributed by atoms with Crippen molar-refractivity contribution < 1.29 is 69.1 Å². The molecular weight excluding hydrogens is 246 g/mol. The van der Waals surface area contributed by atoms with Crippen LogP contribution in [0.25, 0.3) is 0 Å². The van der Waals surface area contributed by atoms with Gasteiger partial charge in [-0.1, -0.05) is 0 Å². The van der Waals surface area contributed by atoms with Crippen LogP contribution >= 0.6 is 0 Å². The van der Waals surface area contributed by atoms with Gasteiger partial charge in [0.05, 0.1) is 0 Å². The van der Waals surface area contributed by atoms with E-state index in [1.807, 2.05) is 0 Å². The molecule has 9 heavy (non-hydrogen) atoms. The summed E-state index contributed by atoms with van der Waals surface area (Å²) in [7, 11) is -3.83. The molecule has 0 rings (SSSR count). The van der Waals surface area contributed by atoms with E-state index in [1.54, 1.807) is 0 Å². The molecule has 9 heteroatoms. The summed E-state index contributed by atoms with van der Waals surface area (Å²) in [6.45, 7) is 0. The van der Waals surface area contributed by atoms with Gasteiger partial charge in [0.15, 0.2) is 0 Å². The molecule has 0 atom stereocenters. The molecule has 50 valence electrons. The van der Waals surface area contributed by atoms with E-state index in [-0.39, 0.29) is 93.5 Å². The average Bonchev–Trinajstić information content (AvgIpc) is 0.722. The summed E-state index contributed by atoms with van der Waals surface area (Å²) < 4.78 is 24.0. The minimum Gasteiger partial charge on any atom is -1.00 e. The van der Waals surface area contributed by atoms with Crippen LogP contribution < -0.4 is 54.4 Å². The Kier molecular flexibility index (Phi) is 45.0. The Morgan fingerprint density at radius 1 is 1.33 bits per heavy atom. The van der Waals surface area contributed by atoms with E-state index >= 15 is 0 Å². The van der Waals surface area contributed by atoms with Crippen LogP contribution in [-0.4, -0.2) is 51.1 Å². The maximum Gasteiger partial charge on any atom is 2.00 e. The number of hydrogen-bond donors (Lipinski definition) is 2. The molecule has 0 aromatic heterocycles. The van der Waals surface area contributed by atoms with Gasteiger partial charge in [0, 0.05) is 11.2 Å². The number of rotatable bonds is 0. The maximum atomic E-state index is 9.11. The van der Waals surface area contributed by atoms with Crippen molar-refractivity contribution in [1.29, 1.82) is 0 Å². The van der Waals surface area contributed by atoms with Crippen molar-refractivity contribution in [2.45, 2.75) is 0 Å². The molecule has 0 amide bonds. The summed E-state index contributed by atoms with van der Waals surface area (Å²) in [5.41, 5.74) is 0. The van der Waals surface area contributed by atoms with E-state index in [4.69, 9.17) is 13.3 Å². The topological polar surface area (TPSA) is 57.5 Å². The zero-order valence-corrected chi connectivity index (χ0v) is 11.9. The summed E-state index contributed by atoms with van der Waals surface area (Å²) in [6.07, 6.45) is 0.